The van der Waals surface area contributed by atoms with Gasteiger partial charge in [-0.2, -0.15) is 0 Å². The minimum absolute atomic E-state index is 0.230. The van der Waals surface area contributed by atoms with Crippen LogP contribution in [-0.4, -0.2) is 0 Å². The summed E-state index contributed by atoms with van der Waals surface area (Å²) >= 11 is 0. The van der Waals surface area contributed by atoms with E-state index in [1.807, 2.05) is 48.5 Å². The Bertz CT molecular complexity index is 774. The molecule has 0 aliphatic rings. The molecule has 0 unspecified atom stereocenters. The Morgan fingerprint density at radius 2 is 1.46 bits per heavy atom. The number of nitrogens with one attached hydrogen (secondary N) is 1. The van der Waals surface area contributed by atoms with Gasteiger partial charge in [0.1, 0.15) is 18.2 Å². The maximum atomic E-state index is 13.6. The number of ether oxygens (including phenoxy) is 1. The number of hydrogen-bond donors (Lipinski definition) is 1. The fourth-order valence-corrected chi connectivity index (χ4v) is 2.47. The van der Waals surface area contributed by atoms with Gasteiger partial charge in [0.15, 0.2) is 0 Å². The molecule has 2 nitrogen and oxygen atoms in total. The molecule has 0 heterocycles. The van der Waals surface area contributed by atoms with Crippen LogP contribution in [0.2, 0.25) is 0 Å². The van der Waals surface area contributed by atoms with Crippen molar-refractivity contribution in [2.45, 2.75) is 19.7 Å². The van der Waals surface area contributed by atoms with Crippen molar-refractivity contribution in [1.29, 1.82) is 0 Å². The van der Waals surface area contributed by atoms with E-state index >= 15 is 0 Å². The van der Waals surface area contributed by atoms with Crippen LogP contribution in [0.3, 0.4) is 0 Å². The SMILES string of the molecule is Fc1ccccc1COc1cccc(CNCc2ccccc2)c1. The van der Waals surface area contributed by atoms with Gasteiger partial charge in [-0.05, 0) is 29.3 Å². The molecule has 0 aliphatic carbocycles. The standard InChI is InChI=1S/C21H20FNO/c22-21-12-5-4-10-19(21)16-24-20-11-6-9-18(13-20)15-23-14-17-7-2-1-3-8-17/h1-13,23H,14-16H2. The maximum absolute atomic E-state index is 13.6. The maximum Gasteiger partial charge on any atom is 0.129 e. The summed E-state index contributed by atoms with van der Waals surface area (Å²) in [4.78, 5) is 0. The van der Waals surface area contributed by atoms with Gasteiger partial charge in [-0.15, -0.1) is 0 Å². The van der Waals surface area contributed by atoms with E-state index in [4.69, 9.17) is 4.74 Å². The Labute approximate surface area is 141 Å². The van der Waals surface area contributed by atoms with Crippen molar-refractivity contribution in [3.05, 3.63) is 101 Å². The summed E-state index contributed by atoms with van der Waals surface area (Å²) in [5.41, 5.74) is 2.95. The zero-order valence-electron chi connectivity index (χ0n) is 13.4. The largest absolute Gasteiger partial charge is 0.489 e. The Kier molecular flexibility index (Phi) is 5.59. The molecule has 3 heteroatoms. The van der Waals surface area contributed by atoms with Crippen molar-refractivity contribution < 1.29 is 9.13 Å². The first-order valence-electron chi connectivity index (χ1n) is 8.01. The molecular weight excluding hydrogens is 301 g/mol. The van der Waals surface area contributed by atoms with Crippen LogP contribution in [0.25, 0.3) is 0 Å². The molecular formula is C21H20FNO. The highest BCUT2D eigenvalue weighted by Crippen LogP contribution is 2.16. The van der Waals surface area contributed by atoms with Gasteiger partial charge in [0.2, 0.25) is 0 Å². The molecule has 24 heavy (non-hydrogen) atoms. The number of benzene rings is 3. The Morgan fingerprint density at radius 3 is 2.29 bits per heavy atom. The molecule has 3 aromatic rings. The van der Waals surface area contributed by atoms with E-state index in [0.29, 0.717) is 5.56 Å². The van der Waals surface area contributed by atoms with E-state index in [9.17, 15) is 4.39 Å². The van der Waals surface area contributed by atoms with Crippen LogP contribution < -0.4 is 10.1 Å². The molecule has 0 fully saturated rings. The van der Waals surface area contributed by atoms with Crippen molar-refractivity contribution in [3.8, 4) is 5.75 Å². The third-order valence-corrected chi connectivity index (χ3v) is 3.75. The van der Waals surface area contributed by atoms with Gasteiger partial charge < -0.3 is 10.1 Å². The average molecular weight is 321 g/mol. The molecule has 0 radical (unpaired) electrons. The van der Waals surface area contributed by atoms with Gasteiger partial charge in [0, 0.05) is 18.7 Å². The third kappa shape index (κ3) is 4.67. The van der Waals surface area contributed by atoms with Crippen LogP contribution in [-0.2, 0) is 19.7 Å². The molecule has 3 aromatic carbocycles. The van der Waals surface area contributed by atoms with Crippen LogP contribution in [0, 0.1) is 5.82 Å². The summed E-state index contributed by atoms with van der Waals surface area (Å²) in [7, 11) is 0. The van der Waals surface area contributed by atoms with Crippen LogP contribution in [0.15, 0.2) is 78.9 Å². The number of halogens is 1. The minimum atomic E-state index is -0.238. The highest BCUT2D eigenvalue weighted by atomic mass is 19.1. The van der Waals surface area contributed by atoms with Crippen LogP contribution >= 0.6 is 0 Å². The van der Waals surface area contributed by atoms with Crippen molar-refractivity contribution in [1.82, 2.24) is 5.32 Å². The Hall–Kier alpha value is -2.65. The first-order valence-corrected chi connectivity index (χ1v) is 8.01. The normalized spacial score (nSPS) is 10.5. The third-order valence-electron chi connectivity index (χ3n) is 3.75. The average Bonchev–Trinajstić information content (AvgIpc) is 2.62. The van der Waals surface area contributed by atoms with Crippen LogP contribution in [0.1, 0.15) is 16.7 Å². The lowest BCUT2D eigenvalue weighted by Crippen LogP contribution is -2.12. The van der Waals surface area contributed by atoms with E-state index in [-0.39, 0.29) is 12.4 Å². The predicted octanol–water partition coefficient (Wildman–Crippen LogP) is 4.69. The van der Waals surface area contributed by atoms with E-state index in [1.165, 1.54) is 11.6 Å². The van der Waals surface area contributed by atoms with E-state index in [2.05, 4.69) is 17.4 Å². The molecule has 1 N–H and O–H groups in total. The monoisotopic (exact) mass is 321 g/mol. The molecule has 3 rings (SSSR count). The smallest absolute Gasteiger partial charge is 0.129 e. The highest BCUT2D eigenvalue weighted by molar-refractivity contribution is 5.29. The lowest BCUT2D eigenvalue weighted by atomic mass is 10.2. The van der Waals surface area contributed by atoms with Crippen molar-refractivity contribution in [2.24, 2.45) is 0 Å². The lowest BCUT2D eigenvalue weighted by molar-refractivity contribution is 0.299. The van der Waals surface area contributed by atoms with Gasteiger partial charge in [-0.25, -0.2) is 4.39 Å². The molecule has 122 valence electrons. The van der Waals surface area contributed by atoms with E-state index in [0.717, 1.165) is 24.4 Å². The quantitative estimate of drug-likeness (QED) is 0.681. The van der Waals surface area contributed by atoms with Gasteiger partial charge in [0.25, 0.3) is 0 Å². The van der Waals surface area contributed by atoms with Crippen LogP contribution in [0.5, 0.6) is 5.75 Å². The molecule has 0 aliphatic heterocycles. The minimum Gasteiger partial charge on any atom is -0.489 e. The predicted molar refractivity (Wildman–Crippen MR) is 94.2 cm³/mol. The molecule has 0 atom stereocenters. The molecule has 0 bridgehead atoms. The van der Waals surface area contributed by atoms with Gasteiger partial charge in [-0.3, -0.25) is 0 Å². The Morgan fingerprint density at radius 1 is 0.750 bits per heavy atom. The van der Waals surface area contributed by atoms with Crippen molar-refractivity contribution >= 4 is 0 Å². The molecule has 0 amide bonds. The molecule has 0 aromatic heterocycles. The Balaban J connectivity index is 1.53. The van der Waals surface area contributed by atoms with Gasteiger partial charge in [-0.1, -0.05) is 60.7 Å². The zero-order chi connectivity index (χ0) is 16.6. The second kappa shape index (κ2) is 8.27. The summed E-state index contributed by atoms with van der Waals surface area (Å²) in [6.07, 6.45) is 0. The second-order valence-corrected chi connectivity index (χ2v) is 5.62. The fraction of sp³-hybridized carbons (Fsp3) is 0.143. The number of hydrogen-bond acceptors (Lipinski definition) is 2. The number of rotatable bonds is 7. The summed E-state index contributed by atoms with van der Waals surface area (Å²) in [6.45, 7) is 1.81. The molecule has 0 saturated heterocycles. The van der Waals surface area contributed by atoms with Crippen molar-refractivity contribution in [2.75, 3.05) is 0 Å². The molecule has 0 saturated carbocycles. The first-order chi connectivity index (χ1) is 11.8. The fourth-order valence-electron chi connectivity index (χ4n) is 2.47. The van der Waals surface area contributed by atoms with Crippen molar-refractivity contribution in [3.63, 3.8) is 0 Å². The van der Waals surface area contributed by atoms with Gasteiger partial charge >= 0.3 is 0 Å². The summed E-state index contributed by atoms with van der Waals surface area (Å²) in [5.74, 6) is 0.510. The zero-order valence-corrected chi connectivity index (χ0v) is 13.4. The lowest BCUT2D eigenvalue weighted by Gasteiger charge is -2.10. The summed E-state index contributed by atoms with van der Waals surface area (Å²) in [6, 6.07) is 24.8. The second-order valence-electron chi connectivity index (χ2n) is 5.62. The summed E-state index contributed by atoms with van der Waals surface area (Å²) < 4.78 is 19.3. The van der Waals surface area contributed by atoms with Crippen LogP contribution in [0.4, 0.5) is 4.39 Å². The first kappa shape index (κ1) is 16.2. The van der Waals surface area contributed by atoms with E-state index in [1.54, 1.807) is 12.1 Å². The van der Waals surface area contributed by atoms with E-state index < -0.39 is 0 Å². The summed E-state index contributed by atoms with van der Waals surface area (Å²) in [5, 5.41) is 3.41. The topological polar surface area (TPSA) is 21.3 Å². The highest BCUT2D eigenvalue weighted by Gasteiger charge is 2.02. The van der Waals surface area contributed by atoms with Gasteiger partial charge in [0.05, 0.1) is 0 Å². The molecule has 0 spiro atoms.